The van der Waals surface area contributed by atoms with E-state index in [0.29, 0.717) is 41.7 Å². The van der Waals surface area contributed by atoms with Crippen LogP contribution in [0.15, 0.2) is 29.3 Å². The number of aromatic nitrogens is 2. The zero-order valence-corrected chi connectivity index (χ0v) is 18.6. The highest BCUT2D eigenvalue weighted by molar-refractivity contribution is 5.80. The van der Waals surface area contributed by atoms with Crippen LogP contribution >= 0.6 is 0 Å². The first-order valence-electron chi connectivity index (χ1n) is 11.0. The first kappa shape index (κ1) is 22.6. The molecule has 166 valence electrons. The standard InChI is InChI=1S/C23H32FN7/c1-4-27-23(30-14-16(2)12-17(3)15-30)28-11-5-6-21-20(13-25)22(26)31(29-21)19-9-7-18(24)8-10-19/h7-10,16-17H,4-6,11-12,14-15,26H2,1-3H3,(H,27,28). The van der Waals surface area contributed by atoms with Gasteiger partial charge in [-0.05, 0) is 62.3 Å². The smallest absolute Gasteiger partial charge is 0.193 e. The number of rotatable bonds is 6. The van der Waals surface area contributed by atoms with Gasteiger partial charge in [0.25, 0.3) is 0 Å². The molecule has 1 aromatic heterocycles. The zero-order chi connectivity index (χ0) is 22.4. The molecule has 31 heavy (non-hydrogen) atoms. The lowest BCUT2D eigenvalue weighted by molar-refractivity contribution is 0.208. The molecule has 0 radical (unpaired) electrons. The monoisotopic (exact) mass is 425 g/mol. The highest BCUT2D eigenvalue weighted by atomic mass is 19.1. The van der Waals surface area contributed by atoms with Crippen LogP contribution in [-0.4, -0.2) is 46.8 Å². The van der Waals surface area contributed by atoms with Crippen LogP contribution in [0.5, 0.6) is 0 Å². The molecule has 2 atom stereocenters. The zero-order valence-electron chi connectivity index (χ0n) is 18.6. The number of aryl methyl sites for hydroxylation is 1. The van der Waals surface area contributed by atoms with Gasteiger partial charge in [0.15, 0.2) is 5.96 Å². The molecule has 0 spiro atoms. The minimum Gasteiger partial charge on any atom is -0.382 e. The van der Waals surface area contributed by atoms with Gasteiger partial charge in [-0.1, -0.05) is 13.8 Å². The van der Waals surface area contributed by atoms with Crippen molar-refractivity contribution in [3.8, 4) is 11.8 Å². The number of nitrogen functional groups attached to an aromatic ring is 1. The highest BCUT2D eigenvalue weighted by Gasteiger charge is 2.24. The molecule has 1 saturated heterocycles. The van der Waals surface area contributed by atoms with Crippen molar-refractivity contribution >= 4 is 11.8 Å². The Bertz CT molecular complexity index is 932. The summed E-state index contributed by atoms with van der Waals surface area (Å²) in [6.45, 7) is 10.2. The van der Waals surface area contributed by atoms with Crippen molar-refractivity contribution in [1.82, 2.24) is 20.0 Å². The van der Waals surface area contributed by atoms with Crippen LogP contribution in [0.4, 0.5) is 10.2 Å². The molecular formula is C23H32FN7. The van der Waals surface area contributed by atoms with Gasteiger partial charge in [-0.25, -0.2) is 9.07 Å². The molecule has 1 aliphatic rings. The number of nitrogens with two attached hydrogens (primary N) is 1. The summed E-state index contributed by atoms with van der Waals surface area (Å²) in [7, 11) is 0. The Hall–Kier alpha value is -3.08. The van der Waals surface area contributed by atoms with Gasteiger partial charge in [0.05, 0.1) is 11.4 Å². The van der Waals surface area contributed by atoms with Crippen LogP contribution in [0.1, 0.15) is 44.9 Å². The fourth-order valence-corrected chi connectivity index (χ4v) is 4.25. The molecule has 2 aromatic rings. The number of nitrogens with zero attached hydrogens (tertiary/aromatic N) is 5. The van der Waals surface area contributed by atoms with E-state index >= 15 is 0 Å². The highest BCUT2D eigenvalue weighted by Crippen LogP contribution is 2.23. The molecule has 2 heterocycles. The van der Waals surface area contributed by atoms with Crippen LogP contribution in [0.25, 0.3) is 5.69 Å². The summed E-state index contributed by atoms with van der Waals surface area (Å²) in [5, 5.41) is 17.5. The number of hydrogen-bond donors (Lipinski definition) is 2. The second-order valence-corrected chi connectivity index (χ2v) is 8.40. The summed E-state index contributed by atoms with van der Waals surface area (Å²) < 4.78 is 14.7. The number of likely N-dealkylation sites (tertiary alicyclic amines) is 1. The van der Waals surface area contributed by atoms with Crippen molar-refractivity contribution in [2.75, 3.05) is 31.9 Å². The van der Waals surface area contributed by atoms with Gasteiger partial charge in [0, 0.05) is 26.2 Å². The second kappa shape index (κ2) is 10.3. The van der Waals surface area contributed by atoms with E-state index in [2.05, 4.69) is 42.2 Å². The van der Waals surface area contributed by atoms with Gasteiger partial charge in [0.1, 0.15) is 23.3 Å². The number of anilines is 1. The third-order valence-electron chi connectivity index (χ3n) is 5.51. The van der Waals surface area contributed by atoms with Gasteiger partial charge in [-0.3, -0.25) is 4.99 Å². The normalized spacial score (nSPS) is 19.3. The number of nitriles is 1. The summed E-state index contributed by atoms with van der Waals surface area (Å²) in [5.74, 6) is 2.21. The SMILES string of the molecule is CCNC(=NCCCc1nn(-c2ccc(F)cc2)c(N)c1C#N)N1CC(C)CC(C)C1. The second-order valence-electron chi connectivity index (χ2n) is 8.40. The van der Waals surface area contributed by atoms with Gasteiger partial charge in [-0.15, -0.1) is 0 Å². The third-order valence-corrected chi connectivity index (χ3v) is 5.51. The summed E-state index contributed by atoms with van der Waals surface area (Å²) >= 11 is 0. The third kappa shape index (κ3) is 5.54. The Morgan fingerprint density at radius 1 is 1.29 bits per heavy atom. The van der Waals surface area contributed by atoms with Crippen LogP contribution in [-0.2, 0) is 6.42 Å². The molecule has 0 aliphatic carbocycles. The van der Waals surface area contributed by atoms with Crippen molar-refractivity contribution < 1.29 is 4.39 Å². The van der Waals surface area contributed by atoms with E-state index in [0.717, 1.165) is 32.0 Å². The molecule has 3 rings (SSSR count). The Morgan fingerprint density at radius 2 is 1.97 bits per heavy atom. The summed E-state index contributed by atoms with van der Waals surface area (Å²) in [6, 6.07) is 8.04. The molecule has 3 N–H and O–H groups in total. The van der Waals surface area contributed by atoms with Crippen molar-refractivity contribution in [3.05, 3.63) is 41.3 Å². The lowest BCUT2D eigenvalue weighted by Gasteiger charge is -2.37. The van der Waals surface area contributed by atoms with Crippen molar-refractivity contribution in [2.24, 2.45) is 16.8 Å². The van der Waals surface area contributed by atoms with Crippen LogP contribution in [0.2, 0.25) is 0 Å². The quantitative estimate of drug-likeness (QED) is 0.420. The van der Waals surface area contributed by atoms with Crippen LogP contribution in [0.3, 0.4) is 0 Å². The predicted molar refractivity (Wildman–Crippen MR) is 121 cm³/mol. The van der Waals surface area contributed by atoms with E-state index in [1.807, 2.05) is 0 Å². The number of piperidine rings is 1. The Kier molecular flexibility index (Phi) is 7.50. The summed E-state index contributed by atoms with van der Waals surface area (Å²) in [4.78, 5) is 7.17. The van der Waals surface area contributed by atoms with Gasteiger partial charge < -0.3 is 16.0 Å². The van der Waals surface area contributed by atoms with E-state index in [9.17, 15) is 9.65 Å². The number of aliphatic imine (C=N–C) groups is 1. The van der Waals surface area contributed by atoms with Crippen molar-refractivity contribution in [3.63, 3.8) is 0 Å². The minimum absolute atomic E-state index is 0.275. The number of hydrogen-bond acceptors (Lipinski definition) is 4. The van der Waals surface area contributed by atoms with E-state index in [1.165, 1.54) is 23.2 Å². The average molecular weight is 426 g/mol. The maximum atomic E-state index is 13.2. The van der Waals surface area contributed by atoms with E-state index in [4.69, 9.17) is 10.7 Å². The lowest BCUT2D eigenvalue weighted by Crippen LogP contribution is -2.48. The number of benzene rings is 1. The van der Waals surface area contributed by atoms with Crippen LogP contribution < -0.4 is 11.1 Å². The molecule has 0 saturated carbocycles. The van der Waals surface area contributed by atoms with Crippen LogP contribution in [0, 0.1) is 29.0 Å². The molecule has 1 fully saturated rings. The van der Waals surface area contributed by atoms with E-state index < -0.39 is 0 Å². The Morgan fingerprint density at radius 3 is 2.58 bits per heavy atom. The molecule has 0 amide bonds. The summed E-state index contributed by atoms with van der Waals surface area (Å²) in [5.41, 5.74) is 7.78. The number of guanidine groups is 1. The van der Waals surface area contributed by atoms with Gasteiger partial charge in [0.2, 0.25) is 0 Å². The largest absolute Gasteiger partial charge is 0.382 e. The maximum Gasteiger partial charge on any atom is 0.193 e. The first-order chi connectivity index (χ1) is 14.9. The number of halogens is 1. The number of nitrogens with one attached hydrogen (secondary N) is 1. The predicted octanol–water partition coefficient (Wildman–Crippen LogP) is 3.34. The molecule has 1 aliphatic heterocycles. The van der Waals surface area contributed by atoms with E-state index in [1.54, 1.807) is 12.1 Å². The van der Waals surface area contributed by atoms with Crippen molar-refractivity contribution in [1.29, 1.82) is 5.26 Å². The minimum atomic E-state index is -0.331. The average Bonchev–Trinajstić information content (AvgIpc) is 3.05. The maximum absolute atomic E-state index is 13.2. The van der Waals surface area contributed by atoms with Gasteiger partial charge in [-0.2, -0.15) is 10.4 Å². The topological polar surface area (TPSA) is 95.3 Å². The molecule has 7 nitrogen and oxygen atoms in total. The Balaban J connectivity index is 1.68. The lowest BCUT2D eigenvalue weighted by atomic mass is 9.92. The van der Waals surface area contributed by atoms with Crippen molar-refractivity contribution in [2.45, 2.75) is 40.0 Å². The fraction of sp³-hybridized carbons (Fsp3) is 0.522. The Labute approximate surface area is 183 Å². The molecule has 2 unspecified atom stereocenters. The fourth-order valence-electron chi connectivity index (χ4n) is 4.25. The molecule has 1 aromatic carbocycles. The molecular weight excluding hydrogens is 393 g/mol. The van der Waals surface area contributed by atoms with E-state index in [-0.39, 0.29) is 11.6 Å². The summed E-state index contributed by atoms with van der Waals surface area (Å²) in [6.07, 6.45) is 2.60. The molecule has 8 heteroatoms. The molecule has 0 bridgehead atoms. The first-order valence-corrected chi connectivity index (χ1v) is 11.0. The van der Waals surface area contributed by atoms with Gasteiger partial charge >= 0.3 is 0 Å².